The third kappa shape index (κ3) is 2.55. The average Bonchev–Trinajstić information content (AvgIpc) is 2.39. The number of nitrogens with two attached hydrogens (primary N) is 1. The Hall–Kier alpha value is -1.38. The van der Waals surface area contributed by atoms with E-state index in [4.69, 9.17) is 5.73 Å². The molecule has 0 fully saturated rings. The van der Waals surface area contributed by atoms with Gasteiger partial charge >= 0.3 is 0 Å². The van der Waals surface area contributed by atoms with Crippen LogP contribution in [0.3, 0.4) is 0 Å². The molecule has 0 heterocycles. The van der Waals surface area contributed by atoms with Crippen LogP contribution in [-0.2, 0) is 0 Å². The molecule has 2 rings (SSSR count). The zero-order valence-electron chi connectivity index (χ0n) is 11.0. The Morgan fingerprint density at radius 2 is 1.72 bits per heavy atom. The van der Waals surface area contributed by atoms with Gasteiger partial charge in [0.05, 0.1) is 6.10 Å². The second-order valence-corrected chi connectivity index (χ2v) is 5.18. The van der Waals surface area contributed by atoms with Gasteiger partial charge in [-0.25, -0.2) is 0 Å². The quantitative estimate of drug-likeness (QED) is 0.867. The summed E-state index contributed by atoms with van der Waals surface area (Å²) < 4.78 is 0. The first-order chi connectivity index (χ1) is 8.63. The Morgan fingerprint density at radius 3 is 2.33 bits per heavy atom. The van der Waals surface area contributed by atoms with Crippen LogP contribution >= 0.6 is 0 Å². The van der Waals surface area contributed by atoms with Crippen molar-refractivity contribution in [3.63, 3.8) is 0 Å². The van der Waals surface area contributed by atoms with Crippen LogP contribution in [0.15, 0.2) is 42.5 Å². The molecule has 0 saturated carbocycles. The molecule has 0 aromatic heterocycles. The van der Waals surface area contributed by atoms with Crippen molar-refractivity contribution in [3.8, 4) is 0 Å². The molecule has 0 radical (unpaired) electrons. The molecule has 2 aromatic carbocycles. The monoisotopic (exact) mass is 243 g/mol. The topological polar surface area (TPSA) is 46.2 Å². The van der Waals surface area contributed by atoms with Crippen LogP contribution in [0.1, 0.15) is 25.3 Å². The first-order valence-electron chi connectivity index (χ1n) is 6.50. The zero-order valence-corrected chi connectivity index (χ0v) is 11.0. The van der Waals surface area contributed by atoms with Gasteiger partial charge in [0.25, 0.3) is 0 Å². The van der Waals surface area contributed by atoms with Crippen molar-refractivity contribution < 1.29 is 5.11 Å². The third-order valence-electron chi connectivity index (χ3n) is 3.55. The van der Waals surface area contributed by atoms with E-state index in [9.17, 15) is 5.11 Å². The summed E-state index contributed by atoms with van der Waals surface area (Å²) >= 11 is 0. The van der Waals surface area contributed by atoms with E-state index in [2.05, 4.69) is 30.3 Å². The number of aliphatic hydroxyl groups is 1. The maximum atomic E-state index is 10.2. The molecule has 0 aliphatic heterocycles. The fourth-order valence-corrected chi connectivity index (χ4v) is 2.38. The summed E-state index contributed by atoms with van der Waals surface area (Å²) in [6.45, 7) is 4.51. The molecule has 2 nitrogen and oxygen atoms in total. The summed E-state index contributed by atoms with van der Waals surface area (Å²) in [6.07, 6.45) is -0.392. The molecular weight excluding hydrogens is 222 g/mol. The highest BCUT2D eigenvalue weighted by molar-refractivity contribution is 5.83. The average molecular weight is 243 g/mol. The van der Waals surface area contributed by atoms with Gasteiger partial charge in [0.2, 0.25) is 0 Å². The van der Waals surface area contributed by atoms with Crippen LogP contribution in [0, 0.1) is 5.92 Å². The first kappa shape index (κ1) is 13.1. The lowest BCUT2D eigenvalue weighted by Gasteiger charge is -2.25. The summed E-state index contributed by atoms with van der Waals surface area (Å²) in [4.78, 5) is 0. The molecule has 2 atom stereocenters. The van der Waals surface area contributed by atoms with E-state index < -0.39 is 6.10 Å². The number of aliphatic hydroxyl groups excluding tert-OH is 1. The van der Waals surface area contributed by atoms with Crippen molar-refractivity contribution in [1.29, 1.82) is 0 Å². The predicted molar refractivity (Wildman–Crippen MR) is 76.6 cm³/mol. The molecule has 0 amide bonds. The van der Waals surface area contributed by atoms with Gasteiger partial charge in [-0.15, -0.1) is 0 Å². The van der Waals surface area contributed by atoms with E-state index in [0.29, 0.717) is 6.54 Å². The normalized spacial score (nSPS) is 14.9. The summed E-state index contributed by atoms with van der Waals surface area (Å²) in [7, 11) is 0. The highest BCUT2D eigenvalue weighted by Crippen LogP contribution is 2.26. The zero-order chi connectivity index (χ0) is 13.1. The van der Waals surface area contributed by atoms with Gasteiger partial charge in [-0.2, -0.15) is 0 Å². The Morgan fingerprint density at radius 1 is 1.06 bits per heavy atom. The molecule has 18 heavy (non-hydrogen) atoms. The van der Waals surface area contributed by atoms with Crippen LogP contribution < -0.4 is 5.73 Å². The van der Waals surface area contributed by atoms with Crippen molar-refractivity contribution in [2.24, 2.45) is 11.7 Å². The highest BCUT2D eigenvalue weighted by Gasteiger charge is 2.22. The van der Waals surface area contributed by atoms with Crippen LogP contribution in [0.4, 0.5) is 0 Å². The highest BCUT2D eigenvalue weighted by atomic mass is 16.3. The van der Waals surface area contributed by atoms with Gasteiger partial charge in [-0.05, 0) is 22.3 Å². The van der Waals surface area contributed by atoms with Crippen molar-refractivity contribution >= 4 is 10.8 Å². The molecule has 3 N–H and O–H groups in total. The lowest BCUT2D eigenvalue weighted by molar-refractivity contribution is 0.0986. The summed E-state index contributed by atoms with van der Waals surface area (Å²) in [5, 5.41) is 12.6. The fourth-order valence-electron chi connectivity index (χ4n) is 2.38. The van der Waals surface area contributed by atoms with Crippen molar-refractivity contribution in [2.75, 3.05) is 6.54 Å². The van der Waals surface area contributed by atoms with E-state index in [1.54, 1.807) is 0 Å². The molecule has 0 saturated heterocycles. The Kier molecular flexibility index (Phi) is 4.00. The minimum absolute atomic E-state index is 0.00889. The molecule has 0 spiro atoms. The molecule has 0 bridgehead atoms. The third-order valence-corrected chi connectivity index (χ3v) is 3.55. The van der Waals surface area contributed by atoms with Gasteiger partial charge in [-0.3, -0.25) is 0 Å². The SMILES string of the molecule is CC(C)[C@@H](O)[C@@H](CN)c1ccc2ccccc2c1. The van der Waals surface area contributed by atoms with Crippen LogP contribution in [0.25, 0.3) is 10.8 Å². The molecular formula is C16H21NO. The van der Waals surface area contributed by atoms with Crippen LogP contribution in [0.5, 0.6) is 0 Å². The number of hydrogen-bond donors (Lipinski definition) is 2. The van der Waals surface area contributed by atoms with Crippen molar-refractivity contribution in [2.45, 2.75) is 25.9 Å². The van der Waals surface area contributed by atoms with E-state index in [1.807, 2.05) is 26.0 Å². The standard InChI is InChI=1S/C16H21NO/c1-11(2)16(18)15(10-17)14-8-7-12-5-3-4-6-13(12)9-14/h3-9,11,15-16,18H,10,17H2,1-2H3/t15-,16+/m0/s1. The Bertz CT molecular complexity index is 521. The smallest absolute Gasteiger partial charge is 0.0643 e. The Balaban J connectivity index is 2.39. The van der Waals surface area contributed by atoms with Crippen LogP contribution in [-0.4, -0.2) is 17.8 Å². The molecule has 0 aliphatic rings. The van der Waals surface area contributed by atoms with E-state index >= 15 is 0 Å². The largest absolute Gasteiger partial charge is 0.392 e. The number of rotatable bonds is 4. The summed E-state index contributed by atoms with van der Waals surface area (Å²) in [6, 6.07) is 14.6. The summed E-state index contributed by atoms with van der Waals surface area (Å²) in [5.74, 6) is 0.222. The van der Waals surface area contributed by atoms with Gasteiger partial charge in [0.15, 0.2) is 0 Å². The van der Waals surface area contributed by atoms with Crippen molar-refractivity contribution in [1.82, 2.24) is 0 Å². The maximum Gasteiger partial charge on any atom is 0.0643 e. The minimum Gasteiger partial charge on any atom is -0.392 e. The van der Waals surface area contributed by atoms with Crippen LogP contribution in [0.2, 0.25) is 0 Å². The predicted octanol–water partition coefficient (Wildman–Crippen LogP) is 2.90. The maximum absolute atomic E-state index is 10.2. The first-order valence-corrected chi connectivity index (χ1v) is 6.50. The van der Waals surface area contributed by atoms with E-state index in [-0.39, 0.29) is 11.8 Å². The molecule has 2 heteroatoms. The second kappa shape index (κ2) is 5.51. The Labute approximate surface area is 108 Å². The van der Waals surface area contributed by atoms with Gasteiger partial charge in [0.1, 0.15) is 0 Å². The minimum atomic E-state index is -0.392. The lowest BCUT2D eigenvalue weighted by atomic mass is 9.86. The summed E-state index contributed by atoms with van der Waals surface area (Å²) in [5.41, 5.74) is 6.95. The van der Waals surface area contributed by atoms with Crippen molar-refractivity contribution in [3.05, 3.63) is 48.0 Å². The number of fused-ring (bicyclic) bond motifs is 1. The fraction of sp³-hybridized carbons (Fsp3) is 0.375. The van der Waals surface area contributed by atoms with E-state index in [0.717, 1.165) is 5.56 Å². The van der Waals surface area contributed by atoms with Gasteiger partial charge in [-0.1, -0.05) is 56.3 Å². The number of hydrogen-bond acceptors (Lipinski definition) is 2. The van der Waals surface area contributed by atoms with E-state index in [1.165, 1.54) is 10.8 Å². The molecule has 96 valence electrons. The molecule has 0 aliphatic carbocycles. The lowest BCUT2D eigenvalue weighted by Crippen LogP contribution is -2.29. The van der Waals surface area contributed by atoms with Gasteiger partial charge in [0, 0.05) is 12.5 Å². The number of benzene rings is 2. The van der Waals surface area contributed by atoms with Gasteiger partial charge < -0.3 is 10.8 Å². The second-order valence-electron chi connectivity index (χ2n) is 5.18. The molecule has 2 aromatic rings. The molecule has 0 unspecified atom stereocenters.